The van der Waals surface area contributed by atoms with Crippen molar-refractivity contribution in [1.82, 2.24) is 5.32 Å². The molecule has 132 valence electrons. The van der Waals surface area contributed by atoms with Crippen LogP contribution in [0.1, 0.15) is 27.2 Å². The van der Waals surface area contributed by atoms with Crippen molar-refractivity contribution in [3.63, 3.8) is 0 Å². The van der Waals surface area contributed by atoms with Crippen molar-refractivity contribution >= 4 is 18.7 Å². The molecule has 3 rings (SSSR count). The Kier molecular flexibility index (Phi) is 5.57. The molecule has 25 heavy (non-hydrogen) atoms. The van der Waals surface area contributed by atoms with Crippen molar-refractivity contribution in [2.24, 2.45) is 0 Å². The van der Waals surface area contributed by atoms with E-state index in [4.69, 9.17) is 4.43 Å². The van der Waals surface area contributed by atoms with E-state index in [2.05, 4.69) is 92.8 Å². The summed E-state index contributed by atoms with van der Waals surface area (Å²) in [5.74, 6) is 0. The van der Waals surface area contributed by atoms with E-state index in [0.717, 1.165) is 26.1 Å². The Morgan fingerprint density at radius 1 is 0.920 bits per heavy atom. The van der Waals surface area contributed by atoms with Crippen LogP contribution in [-0.2, 0) is 4.43 Å². The second-order valence-electron chi connectivity index (χ2n) is 7.77. The van der Waals surface area contributed by atoms with Crippen LogP contribution >= 0.6 is 0 Å². The Bertz CT molecular complexity index is 664. The van der Waals surface area contributed by atoms with Gasteiger partial charge in [0.25, 0.3) is 8.32 Å². The van der Waals surface area contributed by atoms with Crippen LogP contribution in [0.3, 0.4) is 0 Å². The van der Waals surface area contributed by atoms with Crippen LogP contribution in [0.2, 0.25) is 5.04 Å². The van der Waals surface area contributed by atoms with Gasteiger partial charge < -0.3 is 9.74 Å². The maximum atomic E-state index is 6.95. The highest BCUT2D eigenvalue weighted by molar-refractivity contribution is 6.99. The third kappa shape index (κ3) is 3.79. The number of hydrogen-bond acceptors (Lipinski definition) is 2. The number of rotatable bonds is 5. The van der Waals surface area contributed by atoms with Crippen molar-refractivity contribution in [1.29, 1.82) is 0 Å². The van der Waals surface area contributed by atoms with Crippen LogP contribution in [0.4, 0.5) is 0 Å². The van der Waals surface area contributed by atoms with Gasteiger partial charge in [-0.15, -0.1) is 0 Å². The normalized spacial score (nSPS) is 15.7. The largest absolute Gasteiger partial charge is 0.403 e. The highest BCUT2D eigenvalue weighted by Gasteiger charge is 2.50. The molecule has 0 aromatic heterocycles. The Balaban J connectivity index is 2.07. The standard InChI is InChI=1S/C22H29NOSi/c1-22(2,3)25(20-10-6-4-7-11-20,21-12-8-5-9-13-21)24-18-19-14-16-23-17-15-19/h4-14,23H,15-18H2,1-3H3. The first-order valence-electron chi connectivity index (χ1n) is 9.18. The fraction of sp³-hybridized carbons (Fsp3) is 0.364. The van der Waals surface area contributed by atoms with Gasteiger partial charge in [-0.25, -0.2) is 0 Å². The van der Waals surface area contributed by atoms with E-state index >= 15 is 0 Å². The molecule has 1 N–H and O–H groups in total. The lowest BCUT2D eigenvalue weighted by molar-refractivity contribution is 0.323. The van der Waals surface area contributed by atoms with Gasteiger partial charge in [0.05, 0.1) is 6.61 Å². The highest BCUT2D eigenvalue weighted by atomic mass is 28.4. The van der Waals surface area contributed by atoms with Crippen LogP contribution < -0.4 is 15.7 Å². The Morgan fingerprint density at radius 2 is 1.48 bits per heavy atom. The number of nitrogens with one attached hydrogen (secondary N) is 1. The second-order valence-corrected chi connectivity index (χ2v) is 12.1. The molecule has 2 aromatic rings. The predicted molar refractivity (Wildman–Crippen MR) is 109 cm³/mol. The SMILES string of the molecule is CC(C)(C)[Si](OCC1=CCNCC1)(c1ccccc1)c1ccccc1. The molecule has 0 atom stereocenters. The molecule has 2 nitrogen and oxygen atoms in total. The van der Waals surface area contributed by atoms with Gasteiger partial charge in [-0.1, -0.05) is 87.5 Å². The molecule has 0 bridgehead atoms. The minimum Gasteiger partial charge on any atom is -0.403 e. The summed E-state index contributed by atoms with van der Waals surface area (Å²) in [4.78, 5) is 0. The first-order valence-corrected chi connectivity index (χ1v) is 11.1. The predicted octanol–water partition coefficient (Wildman–Crippen LogP) is 3.48. The van der Waals surface area contributed by atoms with Gasteiger partial charge in [-0.3, -0.25) is 0 Å². The number of benzene rings is 2. The zero-order valence-electron chi connectivity index (χ0n) is 15.6. The molecule has 1 heterocycles. The summed E-state index contributed by atoms with van der Waals surface area (Å²) in [6.45, 7) is 9.73. The maximum Gasteiger partial charge on any atom is 0.261 e. The Labute approximate surface area is 153 Å². The molecule has 0 unspecified atom stereocenters. The summed E-state index contributed by atoms with van der Waals surface area (Å²) in [5.41, 5.74) is 1.42. The van der Waals surface area contributed by atoms with Gasteiger partial charge >= 0.3 is 0 Å². The molecule has 0 aliphatic carbocycles. The van der Waals surface area contributed by atoms with E-state index < -0.39 is 8.32 Å². The van der Waals surface area contributed by atoms with E-state index in [9.17, 15) is 0 Å². The van der Waals surface area contributed by atoms with E-state index in [1.54, 1.807) is 0 Å². The van der Waals surface area contributed by atoms with E-state index in [1.807, 2.05) is 0 Å². The summed E-state index contributed by atoms with van der Waals surface area (Å²) >= 11 is 0. The van der Waals surface area contributed by atoms with E-state index in [0.29, 0.717) is 0 Å². The molecular weight excluding hydrogens is 322 g/mol. The third-order valence-corrected chi connectivity index (χ3v) is 10.0. The molecule has 0 fully saturated rings. The van der Waals surface area contributed by atoms with Crippen LogP contribution in [-0.4, -0.2) is 28.0 Å². The lowest BCUT2D eigenvalue weighted by Gasteiger charge is -2.43. The lowest BCUT2D eigenvalue weighted by Crippen LogP contribution is -2.66. The zero-order chi connectivity index (χ0) is 17.8. The van der Waals surface area contributed by atoms with Gasteiger partial charge in [-0.05, 0) is 34.0 Å². The van der Waals surface area contributed by atoms with Crippen LogP contribution in [0.5, 0.6) is 0 Å². The topological polar surface area (TPSA) is 21.3 Å². The molecule has 0 saturated carbocycles. The number of hydrogen-bond donors (Lipinski definition) is 1. The quantitative estimate of drug-likeness (QED) is 0.658. The van der Waals surface area contributed by atoms with Gasteiger partial charge in [0, 0.05) is 6.54 Å². The first-order chi connectivity index (χ1) is 12.0. The van der Waals surface area contributed by atoms with Gasteiger partial charge in [-0.2, -0.15) is 0 Å². The molecule has 0 radical (unpaired) electrons. The molecule has 0 amide bonds. The molecular formula is C22H29NOSi. The molecule has 1 aliphatic rings. The smallest absolute Gasteiger partial charge is 0.261 e. The van der Waals surface area contributed by atoms with Crippen LogP contribution in [0, 0.1) is 0 Å². The monoisotopic (exact) mass is 351 g/mol. The average molecular weight is 352 g/mol. The molecule has 2 aromatic carbocycles. The van der Waals surface area contributed by atoms with Gasteiger partial charge in [0.1, 0.15) is 0 Å². The summed E-state index contributed by atoms with van der Waals surface area (Å²) < 4.78 is 6.95. The van der Waals surface area contributed by atoms with E-state index in [1.165, 1.54) is 15.9 Å². The second kappa shape index (κ2) is 7.69. The van der Waals surface area contributed by atoms with Crippen molar-refractivity contribution in [2.75, 3.05) is 19.7 Å². The molecule has 0 saturated heterocycles. The summed E-state index contributed by atoms with van der Waals surface area (Å²) in [6.07, 6.45) is 3.37. The van der Waals surface area contributed by atoms with Gasteiger partial charge in [0.2, 0.25) is 0 Å². The molecule has 0 spiro atoms. The maximum absolute atomic E-state index is 6.95. The van der Waals surface area contributed by atoms with Crippen LogP contribution in [0.15, 0.2) is 72.3 Å². The van der Waals surface area contributed by atoms with Crippen molar-refractivity contribution in [2.45, 2.75) is 32.2 Å². The van der Waals surface area contributed by atoms with Crippen molar-refractivity contribution < 1.29 is 4.43 Å². The first kappa shape index (κ1) is 18.1. The summed E-state index contributed by atoms with van der Waals surface area (Å²) in [5, 5.41) is 6.13. The third-order valence-electron chi connectivity index (χ3n) is 5.05. The van der Waals surface area contributed by atoms with E-state index in [-0.39, 0.29) is 5.04 Å². The van der Waals surface area contributed by atoms with Crippen molar-refractivity contribution in [3.05, 3.63) is 72.3 Å². The minimum absolute atomic E-state index is 0.0448. The lowest BCUT2D eigenvalue weighted by atomic mass is 10.1. The average Bonchev–Trinajstić information content (AvgIpc) is 2.64. The van der Waals surface area contributed by atoms with Crippen LogP contribution in [0.25, 0.3) is 0 Å². The fourth-order valence-corrected chi connectivity index (χ4v) is 8.32. The Hall–Kier alpha value is -1.68. The highest BCUT2D eigenvalue weighted by Crippen LogP contribution is 2.37. The molecule has 1 aliphatic heterocycles. The summed E-state index contributed by atoms with van der Waals surface area (Å²) in [6, 6.07) is 21.7. The van der Waals surface area contributed by atoms with Gasteiger partial charge in [0.15, 0.2) is 0 Å². The minimum atomic E-state index is -2.39. The Morgan fingerprint density at radius 3 is 1.92 bits per heavy atom. The fourth-order valence-electron chi connectivity index (χ4n) is 3.76. The summed E-state index contributed by atoms with van der Waals surface area (Å²) in [7, 11) is -2.39. The zero-order valence-corrected chi connectivity index (χ0v) is 16.6. The van der Waals surface area contributed by atoms with Crippen molar-refractivity contribution in [3.8, 4) is 0 Å². The molecule has 3 heteroatoms.